The lowest BCUT2D eigenvalue weighted by Gasteiger charge is -2.34. The Hall–Kier alpha value is -1.43. The quantitative estimate of drug-likeness (QED) is 0.860. The third kappa shape index (κ3) is 3.42. The molecule has 23 heavy (non-hydrogen) atoms. The predicted octanol–water partition coefficient (Wildman–Crippen LogP) is 2.20. The summed E-state index contributed by atoms with van der Waals surface area (Å²) in [7, 11) is 0. The first-order chi connectivity index (χ1) is 11.3. The molecule has 0 bridgehead atoms. The molecule has 0 radical (unpaired) electrons. The second-order valence-corrected chi connectivity index (χ2v) is 6.90. The van der Waals surface area contributed by atoms with Gasteiger partial charge in [0.05, 0.1) is 6.54 Å². The maximum absolute atomic E-state index is 5.95. The van der Waals surface area contributed by atoms with Crippen molar-refractivity contribution >= 4 is 11.6 Å². The first-order valence-electron chi connectivity index (χ1n) is 8.38. The topological polar surface area (TPSA) is 37.2 Å². The van der Waals surface area contributed by atoms with Crippen molar-refractivity contribution in [2.75, 3.05) is 26.2 Å². The molecule has 0 aliphatic carbocycles. The molecule has 1 aromatic carbocycles. The van der Waals surface area contributed by atoms with Gasteiger partial charge in [-0.1, -0.05) is 23.7 Å². The van der Waals surface area contributed by atoms with Gasteiger partial charge < -0.3 is 4.57 Å². The largest absolute Gasteiger partial charge is 0.314 e. The first-order valence-corrected chi connectivity index (χ1v) is 8.76. The third-order valence-electron chi connectivity index (χ3n) is 4.84. The maximum atomic E-state index is 5.95. The minimum absolute atomic E-state index is 0.805. The molecule has 1 aromatic heterocycles. The smallest absolute Gasteiger partial charge is 0.147 e. The Kier molecular flexibility index (Phi) is 4.33. The van der Waals surface area contributed by atoms with E-state index in [0.717, 1.165) is 63.1 Å². The van der Waals surface area contributed by atoms with E-state index in [1.807, 2.05) is 12.1 Å². The number of piperazine rings is 1. The number of aryl methyl sites for hydroxylation is 1. The third-order valence-corrected chi connectivity index (χ3v) is 5.09. The zero-order chi connectivity index (χ0) is 15.6. The number of hydrogen-bond acceptors (Lipinski definition) is 4. The Labute approximate surface area is 141 Å². The highest BCUT2D eigenvalue weighted by Crippen LogP contribution is 2.17. The van der Waals surface area contributed by atoms with Crippen molar-refractivity contribution in [1.29, 1.82) is 0 Å². The Morgan fingerprint density at radius 1 is 0.870 bits per heavy atom. The van der Waals surface area contributed by atoms with Gasteiger partial charge in [0.2, 0.25) is 0 Å². The van der Waals surface area contributed by atoms with Crippen LogP contribution in [0.4, 0.5) is 0 Å². The molecule has 2 aromatic rings. The van der Waals surface area contributed by atoms with E-state index >= 15 is 0 Å². The summed E-state index contributed by atoms with van der Waals surface area (Å²) in [6.07, 6.45) is 2.30. The maximum Gasteiger partial charge on any atom is 0.147 e. The van der Waals surface area contributed by atoms with Gasteiger partial charge in [-0.2, -0.15) is 0 Å². The minimum atomic E-state index is 0.805. The van der Waals surface area contributed by atoms with Crippen LogP contribution in [0.1, 0.15) is 23.6 Å². The molecule has 122 valence electrons. The normalized spacial score (nSPS) is 19.2. The van der Waals surface area contributed by atoms with Crippen molar-refractivity contribution in [2.45, 2.75) is 32.5 Å². The lowest BCUT2D eigenvalue weighted by molar-refractivity contribution is 0.119. The summed E-state index contributed by atoms with van der Waals surface area (Å²) >= 11 is 5.95. The monoisotopic (exact) mass is 331 g/mol. The van der Waals surface area contributed by atoms with Crippen LogP contribution in [-0.2, 0) is 26.1 Å². The molecule has 6 heteroatoms. The molecule has 0 unspecified atom stereocenters. The van der Waals surface area contributed by atoms with Crippen molar-refractivity contribution < 1.29 is 0 Å². The van der Waals surface area contributed by atoms with Gasteiger partial charge in [0.25, 0.3) is 0 Å². The van der Waals surface area contributed by atoms with Crippen LogP contribution in [-0.4, -0.2) is 50.7 Å². The van der Waals surface area contributed by atoms with Crippen LogP contribution in [0.15, 0.2) is 24.3 Å². The fraction of sp³-hybridized carbons (Fsp3) is 0.529. The summed E-state index contributed by atoms with van der Waals surface area (Å²) in [4.78, 5) is 5.00. The fourth-order valence-corrected chi connectivity index (χ4v) is 3.61. The molecule has 5 nitrogen and oxygen atoms in total. The van der Waals surface area contributed by atoms with Gasteiger partial charge in [0.1, 0.15) is 11.6 Å². The van der Waals surface area contributed by atoms with E-state index in [0.29, 0.717) is 0 Å². The van der Waals surface area contributed by atoms with E-state index in [1.54, 1.807) is 0 Å². The van der Waals surface area contributed by atoms with Crippen LogP contribution >= 0.6 is 11.6 Å². The van der Waals surface area contributed by atoms with E-state index in [-0.39, 0.29) is 0 Å². The molecule has 1 fully saturated rings. The molecule has 3 heterocycles. The first kappa shape index (κ1) is 15.1. The predicted molar refractivity (Wildman–Crippen MR) is 90.3 cm³/mol. The summed E-state index contributed by atoms with van der Waals surface area (Å²) in [5.41, 5.74) is 1.33. The van der Waals surface area contributed by atoms with Gasteiger partial charge in [-0.3, -0.25) is 9.80 Å². The molecular formula is C17H22ClN5. The number of halogens is 1. The second kappa shape index (κ2) is 6.59. The summed E-state index contributed by atoms with van der Waals surface area (Å²) < 4.78 is 2.31. The minimum Gasteiger partial charge on any atom is -0.314 e. The highest BCUT2D eigenvalue weighted by Gasteiger charge is 2.22. The Balaban J connectivity index is 1.29. The number of aromatic nitrogens is 3. The Morgan fingerprint density at radius 3 is 2.30 bits per heavy atom. The lowest BCUT2D eigenvalue weighted by Crippen LogP contribution is -2.45. The van der Waals surface area contributed by atoms with Crippen LogP contribution in [0.5, 0.6) is 0 Å². The van der Waals surface area contributed by atoms with Crippen LogP contribution in [0.3, 0.4) is 0 Å². The molecule has 4 rings (SSSR count). The van der Waals surface area contributed by atoms with E-state index < -0.39 is 0 Å². The number of fused-ring (bicyclic) bond motifs is 1. The van der Waals surface area contributed by atoms with Crippen LogP contribution < -0.4 is 0 Å². The molecule has 0 N–H and O–H groups in total. The van der Waals surface area contributed by atoms with Crippen molar-refractivity contribution in [3.8, 4) is 0 Å². The van der Waals surface area contributed by atoms with E-state index in [9.17, 15) is 0 Å². The van der Waals surface area contributed by atoms with Gasteiger partial charge in [0.15, 0.2) is 0 Å². The zero-order valence-corrected chi connectivity index (χ0v) is 14.0. The summed E-state index contributed by atoms with van der Waals surface area (Å²) in [6, 6.07) is 8.18. The van der Waals surface area contributed by atoms with Gasteiger partial charge in [-0.15, -0.1) is 10.2 Å². The zero-order valence-electron chi connectivity index (χ0n) is 13.3. The molecule has 0 spiro atoms. The second-order valence-electron chi connectivity index (χ2n) is 6.47. The van der Waals surface area contributed by atoms with Crippen molar-refractivity contribution in [2.24, 2.45) is 0 Å². The van der Waals surface area contributed by atoms with E-state index in [4.69, 9.17) is 11.6 Å². The molecule has 1 saturated heterocycles. The Bertz CT molecular complexity index is 658. The lowest BCUT2D eigenvalue weighted by atomic mass is 10.2. The number of rotatable bonds is 4. The van der Waals surface area contributed by atoms with Crippen LogP contribution in [0.2, 0.25) is 5.02 Å². The van der Waals surface area contributed by atoms with Crippen LogP contribution in [0, 0.1) is 0 Å². The van der Waals surface area contributed by atoms with E-state index in [2.05, 4.69) is 36.7 Å². The summed E-state index contributed by atoms with van der Waals surface area (Å²) in [5.74, 6) is 2.31. The van der Waals surface area contributed by atoms with Crippen LogP contribution in [0.25, 0.3) is 0 Å². The SMILES string of the molecule is Clc1ccc(CN2CCN(Cc3nnc4n3CCC4)CC2)cc1. The number of nitrogens with zero attached hydrogens (tertiary/aromatic N) is 5. The Morgan fingerprint density at radius 2 is 1.57 bits per heavy atom. The standard InChI is InChI=1S/C17H22ClN5/c18-15-5-3-14(4-6-15)12-21-8-10-22(11-9-21)13-17-20-19-16-2-1-7-23(16)17/h3-6H,1-2,7-13H2. The van der Waals surface area contributed by atoms with Gasteiger partial charge in [-0.25, -0.2) is 0 Å². The average Bonchev–Trinajstić information content (AvgIpc) is 3.17. The van der Waals surface area contributed by atoms with Crippen molar-refractivity contribution in [1.82, 2.24) is 24.6 Å². The average molecular weight is 332 g/mol. The summed E-state index contributed by atoms with van der Waals surface area (Å²) in [6.45, 7) is 7.42. The number of hydrogen-bond donors (Lipinski definition) is 0. The molecule has 2 aliphatic rings. The summed E-state index contributed by atoms with van der Waals surface area (Å²) in [5, 5.41) is 9.48. The molecular weight excluding hydrogens is 310 g/mol. The van der Waals surface area contributed by atoms with Gasteiger partial charge in [-0.05, 0) is 24.1 Å². The highest BCUT2D eigenvalue weighted by atomic mass is 35.5. The van der Waals surface area contributed by atoms with Gasteiger partial charge in [0, 0.05) is 50.7 Å². The fourth-order valence-electron chi connectivity index (χ4n) is 3.48. The van der Waals surface area contributed by atoms with Crippen molar-refractivity contribution in [3.63, 3.8) is 0 Å². The highest BCUT2D eigenvalue weighted by molar-refractivity contribution is 6.30. The van der Waals surface area contributed by atoms with Crippen molar-refractivity contribution in [3.05, 3.63) is 46.5 Å². The van der Waals surface area contributed by atoms with Gasteiger partial charge >= 0.3 is 0 Å². The molecule has 0 atom stereocenters. The molecule has 0 saturated carbocycles. The van der Waals surface area contributed by atoms with E-state index in [1.165, 1.54) is 17.8 Å². The number of benzene rings is 1. The molecule has 0 amide bonds. The molecule has 2 aliphatic heterocycles.